The van der Waals surface area contributed by atoms with Crippen LogP contribution < -0.4 is 4.72 Å². The summed E-state index contributed by atoms with van der Waals surface area (Å²) >= 11 is 5.90. The molecule has 0 radical (unpaired) electrons. The Balaban J connectivity index is 1.56. The lowest BCUT2D eigenvalue weighted by molar-refractivity contribution is -0.145. The molecule has 1 heterocycles. The van der Waals surface area contributed by atoms with Crippen molar-refractivity contribution < 1.29 is 18.3 Å². The molecule has 3 atom stereocenters. The zero-order chi connectivity index (χ0) is 22.8. The third kappa shape index (κ3) is 5.17. The third-order valence-corrected chi connectivity index (χ3v) is 8.48. The van der Waals surface area contributed by atoms with Crippen LogP contribution in [0.25, 0.3) is 0 Å². The lowest BCUT2D eigenvalue weighted by atomic mass is 9.71. The topological polar surface area (TPSA) is 86.7 Å². The first-order valence-corrected chi connectivity index (χ1v) is 13.0. The summed E-state index contributed by atoms with van der Waals surface area (Å²) in [4.78, 5) is 15.3. The Hall–Kier alpha value is -1.93. The number of amides is 1. The molecule has 1 saturated carbocycles. The van der Waals surface area contributed by atoms with E-state index in [1.54, 1.807) is 4.90 Å². The molecule has 2 fully saturated rings. The summed E-state index contributed by atoms with van der Waals surface area (Å²) < 4.78 is 28.7. The van der Waals surface area contributed by atoms with Crippen molar-refractivity contribution in [3.8, 4) is 0 Å². The Labute approximate surface area is 194 Å². The second kappa shape index (κ2) is 9.51. The Morgan fingerprint density at radius 2 is 1.84 bits per heavy atom. The van der Waals surface area contributed by atoms with Gasteiger partial charge in [0.2, 0.25) is 15.9 Å². The van der Waals surface area contributed by atoms with Crippen molar-refractivity contribution in [1.29, 1.82) is 0 Å². The fourth-order valence-corrected chi connectivity index (χ4v) is 6.20. The quantitative estimate of drug-likeness (QED) is 0.669. The number of hydrogen-bond acceptors (Lipinski definition) is 4. The molecule has 1 amide bonds. The fourth-order valence-electron chi connectivity index (χ4n) is 4.89. The molecule has 2 aliphatic rings. The predicted octanol–water partition coefficient (Wildman–Crippen LogP) is 3.38. The molecule has 2 aromatic carbocycles. The first-order chi connectivity index (χ1) is 15.3. The second-order valence-electron chi connectivity index (χ2n) is 8.90. The molecule has 6 nitrogen and oxygen atoms in total. The Morgan fingerprint density at radius 3 is 2.56 bits per heavy atom. The normalized spacial score (nSPS) is 24.6. The van der Waals surface area contributed by atoms with Gasteiger partial charge in [-0.1, -0.05) is 54.8 Å². The smallest absolute Gasteiger partial charge is 0.241 e. The average Bonchev–Trinajstić information content (AvgIpc) is 2.78. The molecule has 172 valence electrons. The van der Waals surface area contributed by atoms with Crippen LogP contribution in [0.1, 0.15) is 37.7 Å². The lowest BCUT2D eigenvalue weighted by Gasteiger charge is -2.48. The Kier molecular flexibility index (Phi) is 6.91. The molecule has 0 aromatic heterocycles. The summed E-state index contributed by atoms with van der Waals surface area (Å²) in [5.41, 5.74) is 0.170. The van der Waals surface area contributed by atoms with Crippen molar-refractivity contribution in [2.75, 3.05) is 13.1 Å². The van der Waals surface area contributed by atoms with E-state index in [0.717, 1.165) is 31.2 Å². The highest BCUT2D eigenvalue weighted by Gasteiger charge is 2.44. The first kappa shape index (κ1) is 23.2. The van der Waals surface area contributed by atoms with Crippen LogP contribution in [-0.2, 0) is 21.2 Å². The van der Waals surface area contributed by atoms with Gasteiger partial charge in [-0.3, -0.25) is 4.79 Å². The van der Waals surface area contributed by atoms with Crippen LogP contribution in [0.15, 0.2) is 59.5 Å². The standard InChI is InChI=1S/C24H29ClN2O4S/c25-20-9-11-21(12-10-20)32(30,31)26-22(16-18-6-2-1-3-7-18)23(28)27-15-14-24(29)13-5-4-8-19(24)17-27/h1-3,6-7,9-12,19,22,26,29H,4-5,8,13-17H2/t19-,22-,24-/m0/s1. The minimum atomic E-state index is -3.92. The van der Waals surface area contributed by atoms with Crippen molar-refractivity contribution >= 4 is 27.5 Å². The van der Waals surface area contributed by atoms with E-state index >= 15 is 0 Å². The molecule has 0 bridgehead atoms. The van der Waals surface area contributed by atoms with Crippen LogP contribution >= 0.6 is 11.6 Å². The predicted molar refractivity (Wildman–Crippen MR) is 124 cm³/mol. The SMILES string of the molecule is O=C([C@H](Cc1ccccc1)NS(=O)(=O)c1ccc(Cl)cc1)N1CC[C@@]2(O)CCCC[C@H]2C1. The Bertz CT molecular complexity index is 1050. The van der Waals surface area contributed by atoms with Crippen LogP contribution in [0.2, 0.25) is 5.02 Å². The number of halogens is 1. The summed E-state index contributed by atoms with van der Waals surface area (Å²) in [5, 5.41) is 11.4. The number of likely N-dealkylation sites (tertiary alicyclic amines) is 1. The molecule has 2 N–H and O–H groups in total. The van der Waals surface area contributed by atoms with Gasteiger partial charge in [-0.25, -0.2) is 8.42 Å². The summed E-state index contributed by atoms with van der Waals surface area (Å²) in [7, 11) is -3.92. The van der Waals surface area contributed by atoms with Gasteiger partial charge in [-0.15, -0.1) is 0 Å². The van der Waals surface area contributed by atoms with Crippen molar-refractivity contribution in [1.82, 2.24) is 9.62 Å². The molecule has 1 aliphatic heterocycles. The molecule has 8 heteroatoms. The van der Waals surface area contributed by atoms with Crippen molar-refractivity contribution in [3.05, 3.63) is 65.2 Å². The van der Waals surface area contributed by atoms with Gasteiger partial charge in [0.05, 0.1) is 10.5 Å². The zero-order valence-electron chi connectivity index (χ0n) is 17.9. The van der Waals surface area contributed by atoms with Crippen LogP contribution in [-0.4, -0.2) is 49.1 Å². The summed E-state index contributed by atoms with van der Waals surface area (Å²) in [6, 6.07) is 14.3. The van der Waals surface area contributed by atoms with Crippen LogP contribution in [0.5, 0.6) is 0 Å². The van der Waals surface area contributed by atoms with E-state index in [1.165, 1.54) is 24.3 Å². The van der Waals surface area contributed by atoms with Crippen LogP contribution in [0.4, 0.5) is 0 Å². The van der Waals surface area contributed by atoms with E-state index in [1.807, 2.05) is 30.3 Å². The molecular weight excluding hydrogens is 448 g/mol. The number of nitrogens with zero attached hydrogens (tertiary/aromatic N) is 1. The van der Waals surface area contributed by atoms with E-state index in [9.17, 15) is 18.3 Å². The number of benzene rings is 2. The number of hydrogen-bond donors (Lipinski definition) is 2. The first-order valence-electron chi connectivity index (χ1n) is 11.1. The average molecular weight is 477 g/mol. The highest BCUT2D eigenvalue weighted by molar-refractivity contribution is 7.89. The van der Waals surface area contributed by atoms with E-state index < -0.39 is 21.7 Å². The third-order valence-electron chi connectivity index (χ3n) is 6.74. The summed E-state index contributed by atoms with van der Waals surface area (Å²) in [6.45, 7) is 0.892. The highest BCUT2D eigenvalue weighted by atomic mass is 35.5. The van der Waals surface area contributed by atoms with E-state index in [4.69, 9.17) is 11.6 Å². The van der Waals surface area contributed by atoms with Crippen LogP contribution in [0, 0.1) is 5.92 Å². The molecule has 0 unspecified atom stereocenters. The minimum absolute atomic E-state index is 0.0409. The van der Waals surface area contributed by atoms with Crippen molar-refractivity contribution in [2.24, 2.45) is 5.92 Å². The maximum absolute atomic E-state index is 13.5. The maximum Gasteiger partial charge on any atom is 0.241 e. The number of carbonyl (C=O) groups excluding carboxylic acids is 1. The monoisotopic (exact) mass is 476 g/mol. The lowest BCUT2D eigenvalue weighted by Crippen LogP contribution is -2.58. The van der Waals surface area contributed by atoms with Gasteiger partial charge in [0.25, 0.3) is 0 Å². The molecule has 1 saturated heterocycles. The van der Waals surface area contributed by atoms with Gasteiger partial charge in [0.1, 0.15) is 6.04 Å². The maximum atomic E-state index is 13.5. The van der Waals surface area contributed by atoms with Crippen molar-refractivity contribution in [3.63, 3.8) is 0 Å². The Morgan fingerprint density at radius 1 is 1.12 bits per heavy atom. The second-order valence-corrected chi connectivity index (χ2v) is 11.0. The van der Waals surface area contributed by atoms with Gasteiger partial charge >= 0.3 is 0 Å². The largest absolute Gasteiger partial charge is 0.389 e. The number of aliphatic hydroxyl groups is 1. The van der Waals surface area contributed by atoms with E-state index in [2.05, 4.69) is 4.72 Å². The minimum Gasteiger partial charge on any atom is -0.389 e. The molecule has 2 aromatic rings. The van der Waals surface area contributed by atoms with E-state index in [-0.39, 0.29) is 23.1 Å². The number of carbonyl (C=O) groups is 1. The number of nitrogens with one attached hydrogen (secondary N) is 1. The van der Waals surface area contributed by atoms with Gasteiger partial charge in [0, 0.05) is 24.0 Å². The molecule has 32 heavy (non-hydrogen) atoms. The summed E-state index contributed by atoms with van der Waals surface area (Å²) in [5.74, 6) is -0.210. The zero-order valence-corrected chi connectivity index (χ0v) is 19.5. The number of sulfonamides is 1. The van der Waals surface area contributed by atoms with E-state index in [0.29, 0.717) is 24.5 Å². The number of piperidine rings is 1. The van der Waals surface area contributed by atoms with Gasteiger partial charge < -0.3 is 10.0 Å². The number of fused-ring (bicyclic) bond motifs is 1. The van der Waals surface area contributed by atoms with Gasteiger partial charge in [-0.2, -0.15) is 4.72 Å². The van der Waals surface area contributed by atoms with Gasteiger partial charge in [-0.05, 0) is 55.5 Å². The molecule has 4 rings (SSSR count). The van der Waals surface area contributed by atoms with Gasteiger partial charge in [0.15, 0.2) is 0 Å². The molecule has 0 spiro atoms. The fraction of sp³-hybridized carbons (Fsp3) is 0.458. The van der Waals surface area contributed by atoms with Crippen molar-refractivity contribution in [2.45, 2.75) is 55.1 Å². The molecular formula is C24H29ClN2O4S. The summed E-state index contributed by atoms with van der Waals surface area (Å²) in [6.07, 6.45) is 4.50. The number of rotatable bonds is 6. The highest BCUT2D eigenvalue weighted by Crippen LogP contribution is 2.40. The van der Waals surface area contributed by atoms with Crippen LogP contribution in [0.3, 0.4) is 0 Å². The molecule has 1 aliphatic carbocycles.